The maximum Gasteiger partial charge on any atom is 0.0991 e. The second-order valence-corrected chi connectivity index (χ2v) is 6.83. The van der Waals surface area contributed by atoms with E-state index in [4.69, 9.17) is 0 Å². The summed E-state index contributed by atoms with van der Waals surface area (Å²) in [6, 6.07) is 8.58. The number of rotatable bonds is 5. The van der Waals surface area contributed by atoms with Crippen molar-refractivity contribution in [2.45, 2.75) is 12.5 Å². The van der Waals surface area contributed by atoms with E-state index in [2.05, 4.69) is 45.4 Å². The predicted octanol–water partition coefficient (Wildman–Crippen LogP) is 1.81. The molecule has 0 saturated carbocycles. The van der Waals surface area contributed by atoms with Crippen LogP contribution in [0.4, 0.5) is 0 Å². The Morgan fingerprint density at radius 1 is 1.20 bits per heavy atom. The van der Waals surface area contributed by atoms with Crippen molar-refractivity contribution in [2.24, 2.45) is 13.0 Å². The number of hydrogen-bond acceptors (Lipinski definition) is 4. The molecule has 6 heteroatoms. The highest BCUT2D eigenvalue weighted by Crippen LogP contribution is 2.33. The number of benzene rings is 1. The molecule has 2 atom stereocenters. The zero-order valence-electron chi connectivity index (χ0n) is 14.4. The predicted molar refractivity (Wildman–Crippen MR) is 95.4 cm³/mol. The monoisotopic (exact) mass is 337 g/mol. The van der Waals surface area contributed by atoms with Crippen molar-refractivity contribution in [2.75, 3.05) is 19.7 Å². The maximum atomic E-state index is 9.77. The van der Waals surface area contributed by atoms with Gasteiger partial charge in [0.1, 0.15) is 0 Å². The Morgan fingerprint density at radius 3 is 2.68 bits per heavy atom. The van der Waals surface area contributed by atoms with E-state index in [1.54, 1.807) is 12.5 Å². The van der Waals surface area contributed by atoms with E-state index in [1.807, 2.05) is 28.7 Å². The van der Waals surface area contributed by atoms with Gasteiger partial charge in [-0.1, -0.05) is 12.1 Å². The molecule has 0 aliphatic carbocycles. The zero-order valence-corrected chi connectivity index (χ0v) is 14.4. The molecule has 130 valence electrons. The van der Waals surface area contributed by atoms with Crippen LogP contribution in [0.25, 0.3) is 5.69 Å². The standard InChI is InChI=1S/C19H23N5O/c1-22-10-16(8-21-22)19-12-23(11-17(19)13-25)9-15-2-4-18(5-3-15)24-7-6-20-14-24/h2-8,10,14,17,19,25H,9,11-13H2,1H3/t17-,19-/m0/s1. The minimum Gasteiger partial charge on any atom is -0.396 e. The van der Waals surface area contributed by atoms with E-state index in [9.17, 15) is 5.11 Å². The average molecular weight is 337 g/mol. The van der Waals surface area contributed by atoms with E-state index in [0.29, 0.717) is 5.92 Å². The summed E-state index contributed by atoms with van der Waals surface area (Å²) in [5.74, 6) is 0.623. The molecule has 0 unspecified atom stereocenters. The molecule has 2 aromatic heterocycles. The van der Waals surface area contributed by atoms with Gasteiger partial charge in [-0.2, -0.15) is 5.10 Å². The van der Waals surface area contributed by atoms with Gasteiger partial charge in [0.15, 0.2) is 0 Å². The summed E-state index contributed by atoms with van der Waals surface area (Å²) in [5, 5.41) is 14.1. The van der Waals surface area contributed by atoms with Crippen molar-refractivity contribution in [3.05, 3.63) is 66.5 Å². The SMILES string of the molecule is Cn1cc([C@@H]2CN(Cc3ccc(-n4ccnc4)cc3)C[C@H]2CO)cn1. The molecule has 0 bridgehead atoms. The van der Waals surface area contributed by atoms with E-state index < -0.39 is 0 Å². The minimum atomic E-state index is 0.218. The molecule has 1 aromatic carbocycles. The molecule has 1 saturated heterocycles. The van der Waals surface area contributed by atoms with Crippen LogP contribution in [0.1, 0.15) is 17.0 Å². The van der Waals surface area contributed by atoms with E-state index >= 15 is 0 Å². The van der Waals surface area contributed by atoms with Gasteiger partial charge in [-0.3, -0.25) is 9.58 Å². The lowest BCUT2D eigenvalue weighted by Gasteiger charge is -2.16. The van der Waals surface area contributed by atoms with Gasteiger partial charge in [-0.15, -0.1) is 0 Å². The quantitative estimate of drug-likeness (QED) is 0.771. The first-order valence-corrected chi connectivity index (χ1v) is 8.62. The van der Waals surface area contributed by atoms with Crippen LogP contribution < -0.4 is 0 Å². The highest BCUT2D eigenvalue weighted by Gasteiger charge is 2.33. The lowest BCUT2D eigenvalue weighted by molar-refractivity contribution is 0.214. The van der Waals surface area contributed by atoms with E-state index in [-0.39, 0.29) is 12.5 Å². The molecular weight excluding hydrogens is 314 g/mol. The fourth-order valence-electron chi connectivity index (χ4n) is 3.73. The van der Waals surface area contributed by atoms with Gasteiger partial charge in [0.05, 0.1) is 12.5 Å². The third-order valence-electron chi connectivity index (χ3n) is 5.05. The summed E-state index contributed by atoms with van der Waals surface area (Å²) in [6.45, 7) is 2.99. The first-order valence-electron chi connectivity index (χ1n) is 8.62. The summed E-state index contributed by atoms with van der Waals surface area (Å²) in [7, 11) is 1.94. The molecule has 3 heterocycles. The number of hydrogen-bond donors (Lipinski definition) is 1. The zero-order chi connectivity index (χ0) is 17.2. The highest BCUT2D eigenvalue weighted by atomic mass is 16.3. The third kappa shape index (κ3) is 3.36. The van der Waals surface area contributed by atoms with Crippen LogP contribution in [0.3, 0.4) is 0 Å². The van der Waals surface area contributed by atoms with Crippen LogP contribution in [0.2, 0.25) is 0 Å². The van der Waals surface area contributed by atoms with E-state index in [1.165, 1.54) is 11.1 Å². The molecule has 1 aliphatic rings. The Hall–Kier alpha value is -2.44. The minimum absolute atomic E-state index is 0.218. The first kappa shape index (κ1) is 16.1. The number of aryl methyl sites for hydroxylation is 1. The van der Waals surface area contributed by atoms with Gasteiger partial charge in [0, 0.05) is 69.4 Å². The Morgan fingerprint density at radius 2 is 2.04 bits per heavy atom. The number of nitrogens with zero attached hydrogens (tertiary/aromatic N) is 5. The average Bonchev–Trinajstić information content (AvgIpc) is 3.35. The van der Waals surface area contributed by atoms with Gasteiger partial charge in [0.2, 0.25) is 0 Å². The molecule has 25 heavy (non-hydrogen) atoms. The number of imidazole rings is 1. The Kier molecular flexibility index (Phi) is 4.38. The molecule has 0 spiro atoms. The molecule has 1 aliphatic heterocycles. The van der Waals surface area contributed by atoms with Gasteiger partial charge >= 0.3 is 0 Å². The highest BCUT2D eigenvalue weighted by molar-refractivity contribution is 5.34. The van der Waals surface area contributed by atoms with Gasteiger partial charge in [-0.05, 0) is 23.3 Å². The fourth-order valence-corrected chi connectivity index (χ4v) is 3.73. The molecule has 1 fully saturated rings. The normalized spacial score (nSPS) is 21.0. The van der Waals surface area contributed by atoms with E-state index in [0.717, 1.165) is 25.3 Å². The van der Waals surface area contributed by atoms with Gasteiger partial charge in [0.25, 0.3) is 0 Å². The van der Waals surface area contributed by atoms with Gasteiger partial charge < -0.3 is 9.67 Å². The van der Waals surface area contributed by atoms with Crippen LogP contribution in [-0.2, 0) is 13.6 Å². The lowest BCUT2D eigenvalue weighted by Crippen LogP contribution is -2.20. The molecule has 1 N–H and O–H groups in total. The lowest BCUT2D eigenvalue weighted by atomic mass is 9.92. The largest absolute Gasteiger partial charge is 0.396 e. The van der Waals surface area contributed by atoms with Crippen LogP contribution in [0, 0.1) is 5.92 Å². The van der Waals surface area contributed by atoms with Crippen molar-refractivity contribution in [3.8, 4) is 5.69 Å². The number of aliphatic hydroxyl groups excluding tert-OH is 1. The van der Waals surface area contributed by atoms with Crippen molar-refractivity contribution in [1.29, 1.82) is 0 Å². The third-order valence-corrected chi connectivity index (χ3v) is 5.05. The molecule has 0 radical (unpaired) electrons. The number of likely N-dealkylation sites (tertiary alicyclic amines) is 1. The molecule has 0 amide bonds. The summed E-state index contributed by atoms with van der Waals surface area (Å²) in [5.41, 5.74) is 3.62. The van der Waals surface area contributed by atoms with Crippen LogP contribution in [0.15, 0.2) is 55.4 Å². The Labute approximate surface area is 147 Å². The van der Waals surface area contributed by atoms with Crippen LogP contribution >= 0.6 is 0 Å². The summed E-state index contributed by atoms with van der Waals surface area (Å²) < 4.78 is 3.83. The topological polar surface area (TPSA) is 59.1 Å². The smallest absolute Gasteiger partial charge is 0.0991 e. The van der Waals surface area contributed by atoms with Crippen molar-refractivity contribution < 1.29 is 5.11 Å². The van der Waals surface area contributed by atoms with Crippen molar-refractivity contribution in [3.63, 3.8) is 0 Å². The van der Waals surface area contributed by atoms with Crippen LogP contribution in [0.5, 0.6) is 0 Å². The van der Waals surface area contributed by atoms with Gasteiger partial charge in [-0.25, -0.2) is 4.98 Å². The Bertz CT molecular complexity index is 809. The van der Waals surface area contributed by atoms with Crippen molar-refractivity contribution in [1.82, 2.24) is 24.2 Å². The van der Waals surface area contributed by atoms with Crippen LogP contribution in [-0.4, -0.2) is 49.0 Å². The van der Waals surface area contributed by atoms with Crippen molar-refractivity contribution >= 4 is 0 Å². The first-order chi connectivity index (χ1) is 12.2. The summed E-state index contributed by atoms with van der Waals surface area (Å²) >= 11 is 0. The number of aromatic nitrogens is 4. The second-order valence-electron chi connectivity index (χ2n) is 6.83. The molecular formula is C19H23N5O. The fraction of sp³-hybridized carbons (Fsp3) is 0.368. The second kappa shape index (κ2) is 6.82. The molecule has 3 aromatic rings. The molecule has 4 rings (SSSR count). The Balaban J connectivity index is 1.44. The maximum absolute atomic E-state index is 9.77. The number of aliphatic hydroxyl groups is 1. The summed E-state index contributed by atoms with van der Waals surface area (Å²) in [6.07, 6.45) is 9.53. The summed E-state index contributed by atoms with van der Waals surface area (Å²) in [4.78, 5) is 6.51. The molecule has 6 nitrogen and oxygen atoms in total.